The fourth-order valence-electron chi connectivity index (χ4n) is 2.69. The summed E-state index contributed by atoms with van der Waals surface area (Å²) in [7, 11) is 1.32. The Kier molecular flexibility index (Phi) is 4.84. The van der Waals surface area contributed by atoms with Crippen LogP contribution >= 0.6 is 0 Å². The van der Waals surface area contributed by atoms with E-state index in [1.165, 1.54) is 13.3 Å². The van der Waals surface area contributed by atoms with Crippen molar-refractivity contribution in [2.75, 3.05) is 12.4 Å². The summed E-state index contributed by atoms with van der Waals surface area (Å²) in [6.45, 7) is 3.85. The van der Waals surface area contributed by atoms with E-state index in [0.717, 1.165) is 16.9 Å². The van der Waals surface area contributed by atoms with Crippen LogP contribution in [0.5, 0.6) is 0 Å². The van der Waals surface area contributed by atoms with Gasteiger partial charge in [0.2, 0.25) is 0 Å². The smallest absolute Gasteiger partial charge is 0.337 e. The number of methoxy groups -OCH3 is 1. The summed E-state index contributed by atoms with van der Waals surface area (Å²) in [6.07, 6.45) is 1.54. The molecule has 0 aliphatic rings. The molecule has 3 rings (SSSR count). The van der Waals surface area contributed by atoms with Crippen LogP contribution in [-0.4, -0.2) is 28.8 Å². The first kappa shape index (κ1) is 17.4. The summed E-state index contributed by atoms with van der Waals surface area (Å²) in [5.74, 6) is -0.743. The van der Waals surface area contributed by atoms with Gasteiger partial charge in [0.05, 0.1) is 35.8 Å². The molecule has 0 bridgehead atoms. The molecule has 0 aliphatic heterocycles. The number of rotatable bonds is 4. The Bertz CT molecular complexity index is 976. The average Bonchev–Trinajstić information content (AvgIpc) is 3.03. The van der Waals surface area contributed by atoms with E-state index >= 15 is 0 Å². The van der Waals surface area contributed by atoms with E-state index in [2.05, 4.69) is 10.4 Å². The Labute approximate surface area is 151 Å². The summed E-state index contributed by atoms with van der Waals surface area (Å²) in [5.41, 5.74) is 4.10. The van der Waals surface area contributed by atoms with Gasteiger partial charge in [0, 0.05) is 5.69 Å². The second-order valence-electron chi connectivity index (χ2n) is 5.92. The Morgan fingerprint density at radius 1 is 1.08 bits per heavy atom. The molecule has 0 unspecified atom stereocenters. The van der Waals surface area contributed by atoms with Crippen LogP contribution in [0, 0.1) is 13.8 Å². The van der Waals surface area contributed by atoms with Crippen LogP contribution in [0.25, 0.3) is 5.69 Å². The lowest BCUT2D eigenvalue weighted by molar-refractivity contribution is 0.0600. The Morgan fingerprint density at radius 3 is 2.58 bits per heavy atom. The average molecular weight is 349 g/mol. The molecule has 0 aliphatic carbocycles. The first-order valence-corrected chi connectivity index (χ1v) is 8.11. The van der Waals surface area contributed by atoms with Crippen molar-refractivity contribution >= 4 is 17.6 Å². The highest BCUT2D eigenvalue weighted by atomic mass is 16.5. The molecule has 1 amide bonds. The lowest BCUT2D eigenvalue weighted by Crippen LogP contribution is -2.13. The maximum atomic E-state index is 12.6. The lowest BCUT2D eigenvalue weighted by Gasteiger charge is -2.08. The van der Waals surface area contributed by atoms with E-state index in [9.17, 15) is 9.59 Å². The van der Waals surface area contributed by atoms with E-state index in [4.69, 9.17) is 4.74 Å². The third-order valence-electron chi connectivity index (χ3n) is 4.04. The van der Waals surface area contributed by atoms with Crippen LogP contribution in [-0.2, 0) is 4.74 Å². The monoisotopic (exact) mass is 349 g/mol. The van der Waals surface area contributed by atoms with E-state index in [-0.39, 0.29) is 5.91 Å². The van der Waals surface area contributed by atoms with Gasteiger partial charge in [-0.15, -0.1) is 0 Å². The number of aryl methyl sites for hydroxylation is 1. The first-order valence-electron chi connectivity index (χ1n) is 8.11. The maximum absolute atomic E-state index is 12.6. The van der Waals surface area contributed by atoms with Crippen molar-refractivity contribution in [3.63, 3.8) is 0 Å². The Balaban J connectivity index is 1.84. The molecule has 3 aromatic rings. The second-order valence-corrected chi connectivity index (χ2v) is 5.92. The zero-order valence-electron chi connectivity index (χ0n) is 14.8. The van der Waals surface area contributed by atoms with E-state index < -0.39 is 5.97 Å². The van der Waals surface area contributed by atoms with Crippen molar-refractivity contribution < 1.29 is 14.3 Å². The molecule has 132 valence electrons. The number of carbonyl (C=O) groups excluding carboxylic acids is 2. The predicted octanol–water partition coefficient (Wildman–Crippen LogP) is 3.53. The maximum Gasteiger partial charge on any atom is 0.337 e. The van der Waals surface area contributed by atoms with Crippen LogP contribution in [0.15, 0.2) is 54.7 Å². The topological polar surface area (TPSA) is 73.2 Å². The van der Waals surface area contributed by atoms with Crippen LogP contribution in [0.4, 0.5) is 5.69 Å². The highest BCUT2D eigenvalue weighted by molar-refractivity contribution is 6.05. The molecule has 0 spiro atoms. The molecule has 0 saturated heterocycles. The van der Waals surface area contributed by atoms with Gasteiger partial charge in [0.25, 0.3) is 5.91 Å². The summed E-state index contributed by atoms with van der Waals surface area (Å²) < 4.78 is 6.43. The van der Waals surface area contributed by atoms with Crippen LogP contribution in [0.1, 0.15) is 32.0 Å². The molecule has 1 heterocycles. The van der Waals surface area contributed by atoms with Gasteiger partial charge in [-0.2, -0.15) is 5.10 Å². The molecular formula is C20H19N3O3. The van der Waals surface area contributed by atoms with Gasteiger partial charge < -0.3 is 10.1 Å². The van der Waals surface area contributed by atoms with Gasteiger partial charge in [-0.3, -0.25) is 4.79 Å². The number of aromatic nitrogens is 2. The molecule has 0 saturated carbocycles. The van der Waals surface area contributed by atoms with E-state index in [0.29, 0.717) is 16.8 Å². The number of hydrogen-bond acceptors (Lipinski definition) is 4. The number of benzene rings is 2. The third-order valence-corrected chi connectivity index (χ3v) is 4.04. The van der Waals surface area contributed by atoms with Gasteiger partial charge in [0.15, 0.2) is 0 Å². The van der Waals surface area contributed by atoms with Gasteiger partial charge in [-0.1, -0.05) is 18.2 Å². The van der Waals surface area contributed by atoms with Gasteiger partial charge in [-0.05, 0) is 49.7 Å². The highest BCUT2D eigenvalue weighted by Crippen LogP contribution is 2.18. The second kappa shape index (κ2) is 7.23. The van der Waals surface area contributed by atoms with Crippen LogP contribution < -0.4 is 5.32 Å². The number of nitrogens with zero attached hydrogens (tertiary/aromatic N) is 2. The molecule has 26 heavy (non-hydrogen) atoms. The molecule has 6 heteroatoms. The van der Waals surface area contributed by atoms with Crippen molar-refractivity contribution in [1.29, 1.82) is 0 Å². The normalized spacial score (nSPS) is 10.4. The first-order chi connectivity index (χ1) is 12.5. The SMILES string of the molecule is COC(=O)c1cccc(NC(=O)c2cnn(-c3cccc(C)c3)c2C)c1. The molecule has 6 nitrogen and oxygen atoms in total. The number of carbonyl (C=O) groups is 2. The number of hydrogen-bond donors (Lipinski definition) is 1. The fourth-order valence-corrected chi connectivity index (χ4v) is 2.69. The van der Waals surface area contributed by atoms with Crippen molar-refractivity contribution in [3.8, 4) is 5.69 Å². The van der Waals surface area contributed by atoms with Crippen LogP contribution in [0.3, 0.4) is 0 Å². The highest BCUT2D eigenvalue weighted by Gasteiger charge is 2.16. The standard InChI is InChI=1S/C20H19N3O3/c1-13-6-4-9-17(10-13)23-14(2)18(12-21-23)19(24)22-16-8-5-7-15(11-16)20(25)26-3/h4-12H,1-3H3,(H,22,24). The molecule has 0 fully saturated rings. The minimum absolute atomic E-state index is 0.289. The number of amides is 1. The molecular weight excluding hydrogens is 330 g/mol. The third kappa shape index (κ3) is 3.49. The van der Waals surface area contributed by atoms with E-state index in [1.54, 1.807) is 28.9 Å². The summed E-state index contributed by atoms with van der Waals surface area (Å²) >= 11 is 0. The van der Waals surface area contributed by atoms with Crippen molar-refractivity contribution in [3.05, 3.63) is 77.1 Å². The van der Waals surface area contributed by atoms with Gasteiger partial charge in [-0.25, -0.2) is 9.48 Å². The van der Waals surface area contributed by atoms with Crippen LogP contribution in [0.2, 0.25) is 0 Å². The van der Waals surface area contributed by atoms with Crippen molar-refractivity contribution in [2.24, 2.45) is 0 Å². The number of anilines is 1. The lowest BCUT2D eigenvalue weighted by atomic mass is 10.2. The predicted molar refractivity (Wildman–Crippen MR) is 98.8 cm³/mol. The molecule has 0 atom stereocenters. The van der Waals surface area contributed by atoms with Crippen molar-refractivity contribution in [2.45, 2.75) is 13.8 Å². The Morgan fingerprint density at radius 2 is 1.85 bits per heavy atom. The molecule has 2 aromatic carbocycles. The van der Waals surface area contributed by atoms with Gasteiger partial charge in [0.1, 0.15) is 0 Å². The Hall–Kier alpha value is -3.41. The number of esters is 1. The largest absolute Gasteiger partial charge is 0.465 e. The van der Waals surface area contributed by atoms with E-state index in [1.807, 2.05) is 38.1 Å². The zero-order valence-corrected chi connectivity index (χ0v) is 14.8. The minimum atomic E-state index is -0.454. The summed E-state index contributed by atoms with van der Waals surface area (Å²) in [6, 6.07) is 14.5. The fraction of sp³-hybridized carbons (Fsp3) is 0.150. The van der Waals surface area contributed by atoms with Crippen molar-refractivity contribution in [1.82, 2.24) is 9.78 Å². The number of nitrogens with one attached hydrogen (secondary N) is 1. The summed E-state index contributed by atoms with van der Waals surface area (Å²) in [4.78, 5) is 24.2. The quantitative estimate of drug-likeness (QED) is 0.731. The zero-order chi connectivity index (χ0) is 18.7. The molecule has 1 N–H and O–H groups in total. The summed E-state index contributed by atoms with van der Waals surface area (Å²) in [5, 5.41) is 7.13. The number of ether oxygens (including phenoxy) is 1. The van der Waals surface area contributed by atoms with Gasteiger partial charge >= 0.3 is 5.97 Å². The molecule has 0 radical (unpaired) electrons. The minimum Gasteiger partial charge on any atom is -0.465 e. The molecule has 1 aromatic heterocycles.